The molecule has 1 N–H and O–H groups in total. The second-order valence-corrected chi connectivity index (χ2v) is 3.54. The van der Waals surface area contributed by atoms with Crippen molar-refractivity contribution in [2.45, 2.75) is 18.3 Å². The summed E-state index contributed by atoms with van der Waals surface area (Å²) in [5.74, 6) is 0. The Kier molecular flexibility index (Phi) is 3.57. The molecule has 0 amide bonds. The topological polar surface area (TPSA) is 12.0 Å². The van der Waals surface area contributed by atoms with Gasteiger partial charge in [-0.3, -0.25) is 0 Å². The fourth-order valence-corrected chi connectivity index (χ4v) is 1.59. The van der Waals surface area contributed by atoms with E-state index in [1.165, 1.54) is 5.56 Å². The minimum atomic E-state index is 0.109. The Morgan fingerprint density at radius 1 is 1.25 bits per heavy atom. The number of benzene rings is 1. The van der Waals surface area contributed by atoms with Crippen LogP contribution in [0.4, 0.5) is 0 Å². The first kappa shape index (κ1) is 9.56. The van der Waals surface area contributed by atoms with Crippen LogP contribution in [0.2, 0.25) is 0 Å². The van der Waals surface area contributed by atoms with Crippen LogP contribution in [0.15, 0.2) is 30.3 Å². The quantitative estimate of drug-likeness (QED) is 0.711. The summed E-state index contributed by atoms with van der Waals surface area (Å²) < 4.78 is 0. The number of hydrogen-bond donors (Lipinski definition) is 1. The molecule has 0 saturated heterocycles. The highest BCUT2D eigenvalue weighted by Crippen LogP contribution is 2.19. The van der Waals surface area contributed by atoms with Gasteiger partial charge in [0.15, 0.2) is 0 Å². The molecule has 0 aromatic heterocycles. The molecule has 2 unspecified atom stereocenters. The number of alkyl halides is 1. The first-order chi connectivity index (χ1) is 5.75. The Morgan fingerprint density at radius 2 is 1.83 bits per heavy atom. The van der Waals surface area contributed by atoms with E-state index in [0.717, 1.165) is 0 Å². The maximum Gasteiger partial charge on any atom is 0.0502 e. The molecule has 0 bridgehead atoms. The third kappa shape index (κ3) is 2.23. The minimum absolute atomic E-state index is 0.109. The molecule has 0 aliphatic carbocycles. The Labute approximate surface area is 78.7 Å². The second-order valence-electron chi connectivity index (χ2n) is 2.85. The minimum Gasteiger partial charge on any atom is -0.312 e. The van der Waals surface area contributed by atoms with Gasteiger partial charge in [-0.15, -0.1) is 11.6 Å². The predicted molar refractivity (Wildman–Crippen MR) is 53.6 cm³/mol. The Bertz CT molecular complexity index is 221. The van der Waals surface area contributed by atoms with E-state index >= 15 is 0 Å². The lowest BCUT2D eigenvalue weighted by atomic mass is 10.1. The summed E-state index contributed by atoms with van der Waals surface area (Å²) in [7, 11) is 1.93. The van der Waals surface area contributed by atoms with Crippen molar-refractivity contribution >= 4 is 11.6 Å². The number of rotatable bonds is 3. The highest BCUT2D eigenvalue weighted by atomic mass is 35.5. The Morgan fingerprint density at radius 3 is 2.25 bits per heavy atom. The van der Waals surface area contributed by atoms with Gasteiger partial charge in [-0.25, -0.2) is 0 Å². The van der Waals surface area contributed by atoms with Crippen LogP contribution in [-0.4, -0.2) is 12.4 Å². The fraction of sp³-hybridized carbons (Fsp3) is 0.400. The number of nitrogens with one attached hydrogen (secondary N) is 1. The van der Waals surface area contributed by atoms with Crippen molar-refractivity contribution in [2.75, 3.05) is 7.05 Å². The van der Waals surface area contributed by atoms with Gasteiger partial charge in [0.05, 0.1) is 5.38 Å². The van der Waals surface area contributed by atoms with E-state index in [9.17, 15) is 0 Å². The highest BCUT2D eigenvalue weighted by molar-refractivity contribution is 6.20. The molecule has 12 heavy (non-hydrogen) atoms. The summed E-state index contributed by atoms with van der Waals surface area (Å²) >= 11 is 6.02. The predicted octanol–water partition coefficient (Wildman–Crippen LogP) is 2.57. The van der Waals surface area contributed by atoms with Gasteiger partial charge in [-0.1, -0.05) is 30.3 Å². The van der Waals surface area contributed by atoms with Gasteiger partial charge in [0.25, 0.3) is 0 Å². The van der Waals surface area contributed by atoms with E-state index in [4.69, 9.17) is 11.6 Å². The molecule has 0 aliphatic rings. The van der Waals surface area contributed by atoms with Crippen molar-refractivity contribution < 1.29 is 0 Å². The van der Waals surface area contributed by atoms with E-state index in [-0.39, 0.29) is 11.4 Å². The van der Waals surface area contributed by atoms with Gasteiger partial charge >= 0.3 is 0 Å². The maximum atomic E-state index is 6.02. The Balaban J connectivity index is 2.80. The van der Waals surface area contributed by atoms with Gasteiger partial charge in [0.1, 0.15) is 0 Å². The summed E-state index contributed by atoms with van der Waals surface area (Å²) in [6.07, 6.45) is 0. The van der Waals surface area contributed by atoms with Crippen molar-refractivity contribution in [3.8, 4) is 0 Å². The monoisotopic (exact) mass is 183 g/mol. The van der Waals surface area contributed by atoms with Crippen LogP contribution >= 0.6 is 11.6 Å². The van der Waals surface area contributed by atoms with E-state index in [1.54, 1.807) is 0 Å². The molecule has 2 atom stereocenters. The molecule has 0 spiro atoms. The number of halogens is 1. The van der Waals surface area contributed by atoms with Crippen LogP contribution in [0.5, 0.6) is 0 Å². The summed E-state index contributed by atoms with van der Waals surface area (Å²) in [6, 6.07) is 10.5. The van der Waals surface area contributed by atoms with Crippen LogP contribution in [0.25, 0.3) is 0 Å². The van der Waals surface area contributed by atoms with E-state index in [1.807, 2.05) is 32.2 Å². The molecule has 1 aromatic carbocycles. The standard InChI is InChI=1S/C10H14ClN/c1-8(11)10(12-2)9-6-4-3-5-7-9/h3-8,10,12H,1-2H3. The van der Waals surface area contributed by atoms with Crippen LogP contribution in [-0.2, 0) is 0 Å². The lowest BCUT2D eigenvalue weighted by Crippen LogP contribution is -2.23. The van der Waals surface area contributed by atoms with Crippen LogP contribution in [0, 0.1) is 0 Å². The zero-order valence-electron chi connectivity index (χ0n) is 7.42. The van der Waals surface area contributed by atoms with E-state index < -0.39 is 0 Å². The zero-order valence-corrected chi connectivity index (χ0v) is 8.18. The SMILES string of the molecule is CNC(c1ccccc1)C(C)Cl. The van der Waals surface area contributed by atoms with Gasteiger partial charge in [-0.05, 0) is 19.5 Å². The van der Waals surface area contributed by atoms with Crippen molar-refractivity contribution in [3.63, 3.8) is 0 Å². The highest BCUT2D eigenvalue weighted by Gasteiger charge is 2.13. The summed E-state index contributed by atoms with van der Waals surface area (Å²) in [6.45, 7) is 2.00. The second kappa shape index (κ2) is 4.48. The third-order valence-electron chi connectivity index (χ3n) is 1.93. The van der Waals surface area contributed by atoms with Crippen LogP contribution in [0.1, 0.15) is 18.5 Å². The molecule has 0 saturated carbocycles. The molecule has 0 heterocycles. The average Bonchev–Trinajstić information content (AvgIpc) is 2.07. The number of hydrogen-bond acceptors (Lipinski definition) is 1. The molecule has 0 aliphatic heterocycles. The lowest BCUT2D eigenvalue weighted by Gasteiger charge is -2.18. The summed E-state index contributed by atoms with van der Waals surface area (Å²) in [5, 5.41) is 3.29. The average molecular weight is 184 g/mol. The van der Waals surface area contributed by atoms with Crippen molar-refractivity contribution in [1.29, 1.82) is 0 Å². The van der Waals surface area contributed by atoms with Crippen LogP contribution < -0.4 is 5.32 Å². The van der Waals surface area contributed by atoms with Gasteiger partial charge in [-0.2, -0.15) is 0 Å². The zero-order chi connectivity index (χ0) is 8.97. The molecule has 0 radical (unpaired) electrons. The van der Waals surface area contributed by atoms with Crippen molar-refractivity contribution in [2.24, 2.45) is 0 Å². The largest absolute Gasteiger partial charge is 0.312 e. The smallest absolute Gasteiger partial charge is 0.0502 e. The van der Waals surface area contributed by atoms with E-state index in [2.05, 4.69) is 17.4 Å². The fourth-order valence-electron chi connectivity index (χ4n) is 1.32. The molecule has 1 aromatic rings. The lowest BCUT2D eigenvalue weighted by molar-refractivity contribution is 0.584. The normalized spacial score (nSPS) is 15.6. The molecular formula is C10H14ClN. The summed E-state index contributed by atoms with van der Waals surface area (Å²) in [4.78, 5) is 0. The molecule has 1 rings (SSSR count). The third-order valence-corrected chi connectivity index (χ3v) is 2.18. The maximum absolute atomic E-state index is 6.02. The summed E-state index contributed by atoms with van der Waals surface area (Å²) in [5.41, 5.74) is 1.24. The first-order valence-corrected chi connectivity index (χ1v) is 4.55. The molecule has 1 nitrogen and oxygen atoms in total. The van der Waals surface area contributed by atoms with Gasteiger partial charge < -0.3 is 5.32 Å². The Hall–Kier alpha value is -0.530. The molecule has 0 fully saturated rings. The van der Waals surface area contributed by atoms with Crippen LogP contribution in [0.3, 0.4) is 0 Å². The molecule has 66 valence electrons. The van der Waals surface area contributed by atoms with Crippen molar-refractivity contribution in [1.82, 2.24) is 5.32 Å². The van der Waals surface area contributed by atoms with Crippen molar-refractivity contribution in [3.05, 3.63) is 35.9 Å². The van der Waals surface area contributed by atoms with E-state index in [0.29, 0.717) is 0 Å². The van der Waals surface area contributed by atoms with Gasteiger partial charge in [0.2, 0.25) is 0 Å². The first-order valence-electron chi connectivity index (χ1n) is 4.12. The molecular weight excluding hydrogens is 170 g/mol. The molecule has 2 heteroatoms. The van der Waals surface area contributed by atoms with Gasteiger partial charge in [0, 0.05) is 6.04 Å².